The molecule has 1 aromatic heterocycles. The van der Waals surface area contributed by atoms with Crippen LogP contribution in [0.1, 0.15) is 48.3 Å². The molecule has 0 bridgehead atoms. The van der Waals surface area contributed by atoms with Crippen molar-refractivity contribution in [2.24, 2.45) is 0 Å². The molecule has 0 aromatic carbocycles. The Morgan fingerprint density at radius 3 is 2.56 bits per heavy atom. The van der Waals surface area contributed by atoms with Gasteiger partial charge >= 0.3 is 0 Å². The molecular formula is C15H24N2O. The monoisotopic (exact) mass is 248 g/mol. The van der Waals surface area contributed by atoms with Gasteiger partial charge in [0.1, 0.15) is 0 Å². The summed E-state index contributed by atoms with van der Waals surface area (Å²) in [6.45, 7) is 10.3. The van der Waals surface area contributed by atoms with E-state index in [9.17, 15) is 0 Å². The Hall–Kier alpha value is -0.930. The smallest absolute Gasteiger partial charge is 0.0480 e. The van der Waals surface area contributed by atoms with E-state index >= 15 is 0 Å². The van der Waals surface area contributed by atoms with E-state index < -0.39 is 0 Å². The van der Waals surface area contributed by atoms with E-state index in [1.165, 1.54) is 11.1 Å². The summed E-state index contributed by atoms with van der Waals surface area (Å²) in [5.41, 5.74) is 4.95. The van der Waals surface area contributed by atoms with Crippen molar-refractivity contribution < 1.29 is 4.74 Å². The van der Waals surface area contributed by atoms with Gasteiger partial charge in [-0.05, 0) is 57.7 Å². The highest BCUT2D eigenvalue weighted by molar-refractivity contribution is 5.33. The maximum absolute atomic E-state index is 5.40. The molecule has 100 valence electrons. The largest absolute Gasteiger partial charge is 0.381 e. The Balaban J connectivity index is 2.10. The highest BCUT2D eigenvalue weighted by Crippen LogP contribution is 2.23. The van der Waals surface area contributed by atoms with Gasteiger partial charge in [0.2, 0.25) is 0 Å². The summed E-state index contributed by atoms with van der Waals surface area (Å²) in [5, 5.41) is 3.72. The molecule has 3 heteroatoms. The van der Waals surface area contributed by atoms with Crippen LogP contribution in [-0.4, -0.2) is 24.2 Å². The van der Waals surface area contributed by atoms with Crippen LogP contribution >= 0.6 is 0 Å². The van der Waals surface area contributed by atoms with Crippen LogP contribution in [0.5, 0.6) is 0 Å². The maximum Gasteiger partial charge on any atom is 0.0480 e. The fraction of sp³-hybridized carbons (Fsp3) is 0.667. The first kappa shape index (κ1) is 13.5. The van der Waals surface area contributed by atoms with E-state index in [1.807, 2.05) is 0 Å². The predicted molar refractivity (Wildman–Crippen MR) is 73.8 cm³/mol. The number of pyridine rings is 1. The molecule has 3 nitrogen and oxygen atoms in total. The van der Waals surface area contributed by atoms with Crippen molar-refractivity contribution in [1.82, 2.24) is 10.3 Å². The van der Waals surface area contributed by atoms with Gasteiger partial charge in [-0.3, -0.25) is 4.98 Å². The van der Waals surface area contributed by atoms with Crippen molar-refractivity contribution in [3.8, 4) is 0 Å². The number of aromatic nitrogens is 1. The van der Waals surface area contributed by atoms with Crippen LogP contribution in [-0.2, 0) is 4.74 Å². The van der Waals surface area contributed by atoms with Crippen molar-refractivity contribution in [2.45, 2.75) is 52.6 Å². The lowest BCUT2D eigenvalue weighted by Crippen LogP contribution is -2.36. The lowest BCUT2D eigenvalue weighted by molar-refractivity contribution is 0.0754. The number of ether oxygens (including phenoxy) is 1. The van der Waals surface area contributed by atoms with Crippen molar-refractivity contribution in [2.75, 3.05) is 13.2 Å². The normalized spacial score (nSPS) is 18.9. The lowest BCUT2D eigenvalue weighted by Gasteiger charge is -2.28. The second-order valence-corrected chi connectivity index (χ2v) is 5.35. The Bertz CT molecular complexity index is 388. The number of nitrogens with one attached hydrogen (secondary N) is 1. The Morgan fingerprint density at radius 1 is 1.28 bits per heavy atom. The lowest BCUT2D eigenvalue weighted by atomic mass is 9.98. The molecule has 0 spiro atoms. The molecule has 1 fully saturated rings. The van der Waals surface area contributed by atoms with E-state index in [-0.39, 0.29) is 0 Å². The van der Waals surface area contributed by atoms with Gasteiger partial charge in [-0.25, -0.2) is 0 Å². The second kappa shape index (κ2) is 5.81. The molecular weight excluding hydrogens is 224 g/mol. The molecule has 1 aromatic rings. The molecule has 2 heterocycles. The van der Waals surface area contributed by atoms with E-state index in [4.69, 9.17) is 4.74 Å². The second-order valence-electron chi connectivity index (χ2n) is 5.35. The summed E-state index contributed by atoms with van der Waals surface area (Å²) in [6, 6.07) is 3.11. The summed E-state index contributed by atoms with van der Waals surface area (Å²) >= 11 is 0. The van der Waals surface area contributed by atoms with Crippen molar-refractivity contribution in [3.63, 3.8) is 0 Å². The zero-order valence-corrected chi connectivity index (χ0v) is 11.9. The van der Waals surface area contributed by atoms with Gasteiger partial charge < -0.3 is 10.1 Å². The quantitative estimate of drug-likeness (QED) is 0.893. The third kappa shape index (κ3) is 3.09. The predicted octanol–water partition coefficient (Wildman–Crippen LogP) is 2.84. The number of hydrogen-bond acceptors (Lipinski definition) is 3. The number of aryl methyl sites for hydroxylation is 3. The minimum Gasteiger partial charge on any atom is -0.381 e. The van der Waals surface area contributed by atoms with E-state index in [1.54, 1.807) is 0 Å². The molecule has 0 aliphatic carbocycles. The summed E-state index contributed by atoms with van der Waals surface area (Å²) in [4.78, 5) is 4.58. The molecule has 2 rings (SSSR count). The van der Waals surface area contributed by atoms with Crippen molar-refractivity contribution >= 4 is 0 Å². The van der Waals surface area contributed by atoms with Crippen LogP contribution in [0.2, 0.25) is 0 Å². The SMILES string of the molecule is Cc1cc(C)c(C(C)NC2CCOCC2)c(C)n1. The van der Waals surface area contributed by atoms with Gasteiger partial charge in [-0.1, -0.05) is 0 Å². The van der Waals surface area contributed by atoms with Gasteiger partial charge in [-0.2, -0.15) is 0 Å². The average Bonchev–Trinajstić information content (AvgIpc) is 2.28. The summed E-state index contributed by atoms with van der Waals surface area (Å²) in [6.07, 6.45) is 2.23. The van der Waals surface area contributed by atoms with E-state index in [2.05, 4.69) is 44.1 Å². The van der Waals surface area contributed by atoms with Crippen LogP contribution in [0, 0.1) is 20.8 Å². The fourth-order valence-corrected chi connectivity index (χ4v) is 2.99. The molecule has 1 atom stereocenters. The molecule has 1 aliphatic rings. The third-order valence-electron chi connectivity index (χ3n) is 3.72. The Labute approximate surface area is 110 Å². The van der Waals surface area contributed by atoms with Crippen LogP contribution in [0.15, 0.2) is 6.07 Å². The maximum atomic E-state index is 5.40. The molecule has 1 aliphatic heterocycles. The average molecular weight is 248 g/mol. The molecule has 0 saturated carbocycles. The Kier molecular flexibility index (Phi) is 4.36. The standard InChI is InChI=1S/C15H24N2O/c1-10-9-11(2)16-12(3)15(10)13(4)17-14-5-7-18-8-6-14/h9,13-14,17H,5-8H2,1-4H3. The van der Waals surface area contributed by atoms with Gasteiger partial charge in [0.05, 0.1) is 0 Å². The minimum atomic E-state index is 0.362. The first-order chi connectivity index (χ1) is 8.58. The van der Waals surface area contributed by atoms with Crippen LogP contribution in [0.4, 0.5) is 0 Å². The third-order valence-corrected chi connectivity index (χ3v) is 3.72. The topological polar surface area (TPSA) is 34.1 Å². The molecule has 0 amide bonds. The highest BCUT2D eigenvalue weighted by atomic mass is 16.5. The van der Waals surface area contributed by atoms with Crippen LogP contribution in [0.3, 0.4) is 0 Å². The summed E-state index contributed by atoms with van der Waals surface area (Å²) in [7, 11) is 0. The van der Waals surface area contributed by atoms with Gasteiger partial charge in [-0.15, -0.1) is 0 Å². The first-order valence-corrected chi connectivity index (χ1v) is 6.86. The Morgan fingerprint density at radius 2 is 1.94 bits per heavy atom. The van der Waals surface area contributed by atoms with E-state index in [0.717, 1.165) is 37.4 Å². The zero-order valence-electron chi connectivity index (χ0n) is 11.9. The highest BCUT2D eigenvalue weighted by Gasteiger charge is 2.19. The van der Waals surface area contributed by atoms with Gasteiger partial charge in [0.15, 0.2) is 0 Å². The number of nitrogens with zero attached hydrogens (tertiary/aromatic N) is 1. The molecule has 1 N–H and O–H groups in total. The summed E-state index contributed by atoms with van der Waals surface area (Å²) in [5.74, 6) is 0. The molecule has 18 heavy (non-hydrogen) atoms. The molecule has 1 unspecified atom stereocenters. The fourth-order valence-electron chi connectivity index (χ4n) is 2.99. The minimum absolute atomic E-state index is 0.362. The van der Waals surface area contributed by atoms with Crippen molar-refractivity contribution in [3.05, 3.63) is 28.6 Å². The van der Waals surface area contributed by atoms with Crippen molar-refractivity contribution in [1.29, 1.82) is 0 Å². The molecule has 1 saturated heterocycles. The zero-order chi connectivity index (χ0) is 13.1. The van der Waals surface area contributed by atoms with Crippen LogP contribution < -0.4 is 5.32 Å². The molecule has 0 radical (unpaired) electrons. The number of hydrogen-bond donors (Lipinski definition) is 1. The number of rotatable bonds is 3. The summed E-state index contributed by atoms with van der Waals surface area (Å²) < 4.78 is 5.40. The first-order valence-electron chi connectivity index (χ1n) is 6.86. The van der Waals surface area contributed by atoms with Crippen LogP contribution in [0.25, 0.3) is 0 Å². The van der Waals surface area contributed by atoms with E-state index in [0.29, 0.717) is 12.1 Å². The van der Waals surface area contributed by atoms with Gasteiger partial charge in [0, 0.05) is 36.7 Å². The van der Waals surface area contributed by atoms with Gasteiger partial charge in [0.25, 0.3) is 0 Å².